The summed E-state index contributed by atoms with van der Waals surface area (Å²) in [7, 11) is 2.01. The Balaban J connectivity index is 1.76. The van der Waals surface area contributed by atoms with E-state index in [-0.39, 0.29) is 0 Å². The molecule has 0 amide bonds. The topological polar surface area (TPSA) is 53.9 Å². The third kappa shape index (κ3) is 2.77. The van der Waals surface area contributed by atoms with Crippen LogP contribution in [0.4, 0.5) is 5.95 Å². The number of piperidine rings is 1. The highest BCUT2D eigenvalue weighted by atomic mass is 15.3. The smallest absolute Gasteiger partial charge is 0.225 e. The number of hydrogen-bond acceptors (Lipinski definition) is 5. The molecule has 1 saturated heterocycles. The minimum Gasteiger partial charge on any atom is -0.339 e. The molecule has 0 spiro atoms. The predicted octanol–water partition coefficient (Wildman–Crippen LogP) is 1.73. The zero-order valence-electron chi connectivity index (χ0n) is 11.7. The summed E-state index contributed by atoms with van der Waals surface area (Å²) in [6, 6.07) is 6.38. The summed E-state index contributed by atoms with van der Waals surface area (Å²) in [6.45, 7) is 2.00. The molecule has 0 aliphatic carbocycles. The second-order valence-corrected chi connectivity index (χ2v) is 5.06. The van der Waals surface area contributed by atoms with E-state index in [4.69, 9.17) is 0 Å². The Morgan fingerprint density at radius 2 is 2.05 bits per heavy atom. The molecule has 0 radical (unpaired) electrons. The van der Waals surface area contributed by atoms with Gasteiger partial charge in [0.25, 0.3) is 0 Å². The maximum absolute atomic E-state index is 4.49. The van der Waals surface area contributed by atoms with Crippen molar-refractivity contribution in [3.8, 4) is 11.3 Å². The van der Waals surface area contributed by atoms with Gasteiger partial charge >= 0.3 is 0 Å². The number of pyridine rings is 1. The first-order valence-corrected chi connectivity index (χ1v) is 7.02. The first-order valence-electron chi connectivity index (χ1n) is 7.02. The van der Waals surface area contributed by atoms with Gasteiger partial charge in [-0.05, 0) is 32.0 Å². The van der Waals surface area contributed by atoms with Gasteiger partial charge in [0, 0.05) is 43.3 Å². The summed E-state index contributed by atoms with van der Waals surface area (Å²) in [5, 5.41) is 3.33. The van der Waals surface area contributed by atoms with Crippen molar-refractivity contribution in [2.75, 3.05) is 25.0 Å². The Kier molecular flexibility index (Phi) is 3.87. The van der Waals surface area contributed by atoms with Crippen molar-refractivity contribution in [1.82, 2.24) is 20.3 Å². The van der Waals surface area contributed by atoms with Crippen LogP contribution in [-0.4, -0.2) is 41.1 Å². The van der Waals surface area contributed by atoms with E-state index >= 15 is 0 Å². The van der Waals surface area contributed by atoms with Gasteiger partial charge in [0.05, 0.1) is 5.69 Å². The molecule has 0 bridgehead atoms. The third-order valence-electron chi connectivity index (χ3n) is 3.71. The second kappa shape index (κ2) is 5.96. The van der Waals surface area contributed by atoms with E-state index in [2.05, 4.69) is 25.2 Å². The molecule has 20 heavy (non-hydrogen) atoms. The van der Waals surface area contributed by atoms with E-state index in [9.17, 15) is 0 Å². The van der Waals surface area contributed by atoms with Crippen LogP contribution in [0.1, 0.15) is 12.8 Å². The lowest BCUT2D eigenvalue weighted by Gasteiger charge is -2.32. The van der Waals surface area contributed by atoms with Crippen LogP contribution in [0.3, 0.4) is 0 Å². The molecular weight excluding hydrogens is 250 g/mol. The number of rotatable bonds is 3. The SMILES string of the molecule is CNC1CCCN(c2ncc(-c3ccccn3)cn2)C1. The Labute approximate surface area is 119 Å². The Bertz CT molecular complexity index is 540. The average Bonchev–Trinajstić information content (AvgIpc) is 2.56. The highest BCUT2D eigenvalue weighted by Gasteiger charge is 2.20. The lowest BCUT2D eigenvalue weighted by molar-refractivity contribution is 0.445. The van der Waals surface area contributed by atoms with E-state index in [1.54, 1.807) is 6.20 Å². The van der Waals surface area contributed by atoms with Gasteiger partial charge in [0.1, 0.15) is 0 Å². The Morgan fingerprint density at radius 1 is 1.20 bits per heavy atom. The minimum absolute atomic E-state index is 0.530. The van der Waals surface area contributed by atoms with Crippen LogP contribution < -0.4 is 10.2 Å². The number of likely N-dealkylation sites (N-methyl/N-ethyl adjacent to an activating group) is 1. The molecular formula is C15H19N5. The molecule has 0 saturated carbocycles. The van der Waals surface area contributed by atoms with E-state index in [0.717, 1.165) is 30.3 Å². The number of nitrogens with one attached hydrogen (secondary N) is 1. The fourth-order valence-electron chi connectivity index (χ4n) is 2.54. The van der Waals surface area contributed by atoms with Crippen molar-refractivity contribution in [3.05, 3.63) is 36.8 Å². The summed E-state index contributed by atoms with van der Waals surface area (Å²) >= 11 is 0. The van der Waals surface area contributed by atoms with E-state index < -0.39 is 0 Å². The molecule has 2 aromatic heterocycles. The summed E-state index contributed by atoms with van der Waals surface area (Å²) in [4.78, 5) is 15.5. The van der Waals surface area contributed by atoms with Gasteiger partial charge < -0.3 is 10.2 Å². The molecule has 0 aromatic carbocycles. The molecule has 2 aromatic rings. The van der Waals surface area contributed by atoms with Crippen molar-refractivity contribution in [1.29, 1.82) is 0 Å². The highest BCUT2D eigenvalue weighted by Crippen LogP contribution is 2.19. The molecule has 104 valence electrons. The molecule has 1 N–H and O–H groups in total. The fraction of sp³-hybridized carbons (Fsp3) is 0.400. The molecule has 1 fully saturated rings. The van der Waals surface area contributed by atoms with E-state index in [1.165, 1.54) is 12.8 Å². The fourth-order valence-corrected chi connectivity index (χ4v) is 2.54. The predicted molar refractivity (Wildman–Crippen MR) is 79.6 cm³/mol. The standard InChI is InChI=1S/C15H19N5/c1-16-13-5-4-8-20(11-13)15-18-9-12(10-19-15)14-6-2-3-7-17-14/h2-3,6-7,9-10,13,16H,4-5,8,11H2,1H3. The molecule has 5 nitrogen and oxygen atoms in total. The van der Waals surface area contributed by atoms with Gasteiger partial charge in [0.2, 0.25) is 5.95 Å². The van der Waals surface area contributed by atoms with Gasteiger partial charge in [-0.2, -0.15) is 0 Å². The van der Waals surface area contributed by atoms with Crippen molar-refractivity contribution >= 4 is 5.95 Å². The van der Waals surface area contributed by atoms with Crippen molar-refractivity contribution in [2.24, 2.45) is 0 Å². The average molecular weight is 269 g/mol. The summed E-state index contributed by atoms with van der Waals surface area (Å²) < 4.78 is 0. The van der Waals surface area contributed by atoms with Crippen LogP contribution in [0.25, 0.3) is 11.3 Å². The zero-order valence-corrected chi connectivity index (χ0v) is 11.7. The summed E-state index contributed by atoms with van der Waals surface area (Å²) in [6.07, 6.45) is 7.89. The zero-order chi connectivity index (χ0) is 13.8. The van der Waals surface area contributed by atoms with Gasteiger partial charge in [-0.25, -0.2) is 9.97 Å². The van der Waals surface area contributed by atoms with Crippen LogP contribution in [0.15, 0.2) is 36.8 Å². The monoisotopic (exact) mass is 269 g/mol. The maximum atomic E-state index is 4.49. The number of anilines is 1. The molecule has 3 rings (SSSR count). The van der Waals surface area contributed by atoms with Crippen LogP contribution in [-0.2, 0) is 0 Å². The first kappa shape index (κ1) is 13.0. The first-order chi connectivity index (χ1) is 9.86. The van der Waals surface area contributed by atoms with Crippen LogP contribution in [0.5, 0.6) is 0 Å². The van der Waals surface area contributed by atoms with Crippen LogP contribution in [0.2, 0.25) is 0 Å². The van der Waals surface area contributed by atoms with Crippen LogP contribution >= 0.6 is 0 Å². The molecule has 5 heteroatoms. The van der Waals surface area contributed by atoms with Crippen LogP contribution in [0, 0.1) is 0 Å². The molecule has 1 atom stereocenters. The summed E-state index contributed by atoms with van der Waals surface area (Å²) in [5.41, 5.74) is 1.86. The number of hydrogen-bond donors (Lipinski definition) is 1. The lowest BCUT2D eigenvalue weighted by atomic mass is 10.1. The maximum Gasteiger partial charge on any atom is 0.225 e. The number of nitrogens with zero attached hydrogens (tertiary/aromatic N) is 4. The molecule has 1 aliphatic heterocycles. The second-order valence-electron chi connectivity index (χ2n) is 5.06. The lowest BCUT2D eigenvalue weighted by Crippen LogP contribution is -2.45. The Morgan fingerprint density at radius 3 is 2.75 bits per heavy atom. The minimum atomic E-state index is 0.530. The number of aromatic nitrogens is 3. The third-order valence-corrected chi connectivity index (χ3v) is 3.71. The van der Waals surface area contributed by atoms with Crippen molar-refractivity contribution in [2.45, 2.75) is 18.9 Å². The largest absolute Gasteiger partial charge is 0.339 e. The molecule has 1 unspecified atom stereocenters. The van der Waals surface area contributed by atoms with Gasteiger partial charge in [-0.1, -0.05) is 6.07 Å². The van der Waals surface area contributed by atoms with Crippen molar-refractivity contribution in [3.63, 3.8) is 0 Å². The van der Waals surface area contributed by atoms with Crippen molar-refractivity contribution < 1.29 is 0 Å². The van der Waals surface area contributed by atoms with Gasteiger partial charge in [0.15, 0.2) is 0 Å². The normalized spacial score (nSPS) is 19.1. The molecule has 1 aliphatic rings. The summed E-state index contributed by atoms with van der Waals surface area (Å²) in [5.74, 6) is 0.810. The van der Waals surface area contributed by atoms with Gasteiger partial charge in [-0.15, -0.1) is 0 Å². The highest BCUT2D eigenvalue weighted by molar-refractivity contribution is 5.57. The quantitative estimate of drug-likeness (QED) is 0.919. The van der Waals surface area contributed by atoms with Gasteiger partial charge in [-0.3, -0.25) is 4.98 Å². The van der Waals surface area contributed by atoms with E-state index in [1.807, 2.05) is 37.6 Å². The van der Waals surface area contributed by atoms with E-state index in [0.29, 0.717) is 6.04 Å². The molecule has 3 heterocycles. The Hall–Kier alpha value is -2.01.